The molecule has 0 fully saturated rings. The lowest BCUT2D eigenvalue weighted by molar-refractivity contribution is -0.116. The van der Waals surface area contributed by atoms with Crippen LogP contribution in [0.25, 0.3) is 0 Å². The van der Waals surface area contributed by atoms with Crippen molar-refractivity contribution in [3.63, 3.8) is 0 Å². The van der Waals surface area contributed by atoms with Gasteiger partial charge in [0.25, 0.3) is 0 Å². The van der Waals surface area contributed by atoms with Crippen molar-refractivity contribution in [2.75, 3.05) is 11.9 Å². The average Bonchev–Trinajstić information content (AvgIpc) is 2.16. The third kappa shape index (κ3) is 2.53. The van der Waals surface area contributed by atoms with E-state index in [-0.39, 0.29) is 11.5 Å². The first-order valence-electron chi connectivity index (χ1n) is 4.06. The number of rotatable bonds is 2. The van der Waals surface area contributed by atoms with Gasteiger partial charge in [0.05, 0.1) is 10.0 Å². The maximum absolute atomic E-state index is 11.0. The van der Waals surface area contributed by atoms with E-state index >= 15 is 0 Å². The number of carboxylic acid groups (broad SMARTS) is 1. The Kier molecular flexibility index (Phi) is 3.41. The minimum atomic E-state index is -1.07. The first-order chi connectivity index (χ1) is 6.93. The molecule has 0 radical (unpaired) electrons. The lowest BCUT2D eigenvalue weighted by Gasteiger charge is -2.14. The summed E-state index contributed by atoms with van der Waals surface area (Å²) in [6, 6.07) is 1.34. The number of hydrogen-bond donors (Lipinski definition) is 1. The number of hydrogen-bond acceptors (Lipinski definition) is 3. The summed E-state index contributed by atoms with van der Waals surface area (Å²) in [4.78, 5) is 27.1. The van der Waals surface area contributed by atoms with Crippen molar-refractivity contribution in [2.24, 2.45) is 0 Å². The number of amides is 1. The van der Waals surface area contributed by atoms with Gasteiger partial charge in [0.15, 0.2) is 0 Å². The number of carbonyl (C=O) groups excluding carboxylic acids is 1. The van der Waals surface area contributed by atoms with E-state index in [0.717, 1.165) is 0 Å². The highest BCUT2D eigenvalue weighted by molar-refractivity contribution is 9.10. The number of aromatic carboxylic acids is 1. The molecule has 1 aromatic rings. The van der Waals surface area contributed by atoms with Crippen LogP contribution in [0.1, 0.15) is 17.3 Å². The Hall–Kier alpha value is -1.43. The molecule has 0 saturated heterocycles. The Morgan fingerprint density at radius 3 is 2.60 bits per heavy atom. The van der Waals surface area contributed by atoms with Crippen LogP contribution in [0, 0.1) is 0 Å². The third-order valence-electron chi connectivity index (χ3n) is 1.89. The molecule has 1 N–H and O–H groups in total. The van der Waals surface area contributed by atoms with E-state index in [1.165, 1.54) is 31.1 Å². The zero-order valence-electron chi connectivity index (χ0n) is 8.19. The van der Waals surface area contributed by atoms with E-state index in [1.54, 1.807) is 0 Å². The molecule has 0 aromatic carbocycles. The van der Waals surface area contributed by atoms with Crippen LogP contribution in [-0.2, 0) is 4.79 Å². The van der Waals surface area contributed by atoms with Gasteiger partial charge in [0.2, 0.25) is 5.91 Å². The number of carboxylic acids is 1. The Morgan fingerprint density at radius 1 is 1.53 bits per heavy atom. The van der Waals surface area contributed by atoms with E-state index < -0.39 is 5.97 Å². The maximum Gasteiger partial charge on any atom is 0.337 e. The SMILES string of the molecule is CC(=O)N(C)c1cc(C(=O)O)c(Br)cn1. The standard InChI is InChI=1S/C9H9BrN2O3/c1-5(13)12(2)8-3-6(9(14)15)7(10)4-11-8/h3-4H,1-2H3,(H,14,15). The van der Waals surface area contributed by atoms with Crippen molar-refractivity contribution in [1.82, 2.24) is 4.98 Å². The van der Waals surface area contributed by atoms with Gasteiger partial charge in [-0.05, 0) is 22.0 Å². The van der Waals surface area contributed by atoms with Crippen molar-refractivity contribution in [2.45, 2.75) is 6.92 Å². The van der Waals surface area contributed by atoms with Crippen LogP contribution in [0.5, 0.6) is 0 Å². The molecule has 0 saturated carbocycles. The zero-order chi connectivity index (χ0) is 11.6. The molecule has 15 heavy (non-hydrogen) atoms. The van der Waals surface area contributed by atoms with Gasteiger partial charge in [0.1, 0.15) is 5.82 Å². The molecule has 0 aliphatic heterocycles. The highest BCUT2D eigenvalue weighted by Crippen LogP contribution is 2.20. The van der Waals surface area contributed by atoms with Gasteiger partial charge in [-0.25, -0.2) is 9.78 Å². The van der Waals surface area contributed by atoms with Crippen molar-refractivity contribution in [1.29, 1.82) is 0 Å². The van der Waals surface area contributed by atoms with Crippen molar-refractivity contribution in [3.8, 4) is 0 Å². The molecular formula is C9H9BrN2O3. The summed E-state index contributed by atoms with van der Waals surface area (Å²) in [7, 11) is 1.53. The van der Waals surface area contributed by atoms with Gasteiger partial charge in [-0.1, -0.05) is 0 Å². The molecule has 80 valence electrons. The van der Waals surface area contributed by atoms with Crippen LogP contribution < -0.4 is 4.90 Å². The van der Waals surface area contributed by atoms with Gasteiger partial charge < -0.3 is 10.0 Å². The summed E-state index contributed by atoms with van der Waals surface area (Å²) in [5, 5.41) is 8.85. The fourth-order valence-corrected chi connectivity index (χ4v) is 1.32. The molecular weight excluding hydrogens is 264 g/mol. The van der Waals surface area contributed by atoms with Crippen LogP contribution in [0.2, 0.25) is 0 Å². The van der Waals surface area contributed by atoms with Crippen LogP contribution >= 0.6 is 15.9 Å². The second-order valence-electron chi connectivity index (χ2n) is 2.91. The summed E-state index contributed by atoms with van der Waals surface area (Å²) >= 11 is 3.07. The average molecular weight is 273 g/mol. The Bertz CT molecular complexity index is 420. The summed E-state index contributed by atoms with van der Waals surface area (Å²) in [5.74, 6) is -0.966. The Labute approximate surface area is 94.9 Å². The van der Waals surface area contributed by atoms with E-state index in [0.29, 0.717) is 10.3 Å². The molecule has 0 aliphatic rings. The maximum atomic E-state index is 11.0. The highest BCUT2D eigenvalue weighted by atomic mass is 79.9. The van der Waals surface area contributed by atoms with Gasteiger partial charge in [0, 0.05) is 20.2 Å². The third-order valence-corrected chi connectivity index (χ3v) is 2.52. The second kappa shape index (κ2) is 4.39. The molecule has 0 spiro atoms. The van der Waals surface area contributed by atoms with Crippen molar-refractivity contribution in [3.05, 3.63) is 22.3 Å². The predicted molar refractivity (Wildman–Crippen MR) is 58.0 cm³/mol. The predicted octanol–water partition coefficient (Wildman–Crippen LogP) is 1.53. The topological polar surface area (TPSA) is 70.5 Å². The molecule has 1 rings (SSSR count). The number of halogens is 1. The molecule has 1 aromatic heterocycles. The number of carbonyl (C=O) groups is 2. The van der Waals surface area contributed by atoms with Crippen molar-refractivity contribution < 1.29 is 14.7 Å². The fourth-order valence-electron chi connectivity index (χ4n) is 0.936. The molecule has 0 atom stereocenters. The molecule has 1 heterocycles. The van der Waals surface area contributed by atoms with Crippen molar-refractivity contribution >= 4 is 33.6 Å². The van der Waals surface area contributed by atoms with Gasteiger partial charge in [-0.3, -0.25) is 4.79 Å². The monoisotopic (exact) mass is 272 g/mol. The molecule has 6 heteroatoms. The Morgan fingerprint density at radius 2 is 2.13 bits per heavy atom. The van der Waals surface area contributed by atoms with Crippen LogP contribution in [0.4, 0.5) is 5.82 Å². The molecule has 0 unspecified atom stereocenters. The lowest BCUT2D eigenvalue weighted by atomic mass is 10.2. The smallest absolute Gasteiger partial charge is 0.337 e. The lowest BCUT2D eigenvalue weighted by Crippen LogP contribution is -2.24. The summed E-state index contributed by atoms with van der Waals surface area (Å²) in [6.07, 6.45) is 1.36. The molecule has 1 amide bonds. The van der Waals surface area contributed by atoms with Gasteiger partial charge in [-0.2, -0.15) is 0 Å². The number of nitrogens with zero attached hydrogens (tertiary/aromatic N) is 2. The number of aromatic nitrogens is 1. The number of anilines is 1. The summed E-state index contributed by atoms with van der Waals surface area (Å²) < 4.78 is 0.385. The molecule has 0 aliphatic carbocycles. The normalized spacial score (nSPS) is 9.80. The van der Waals surface area contributed by atoms with Crippen LogP contribution in [0.3, 0.4) is 0 Å². The quantitative estimate of drug-likeness (QED) is 0.886. The molecule has 0 bridgehead atoms. The van der Waals surface area contributed by atoms with Crippen LogP contribution in [0.15, 0.2) is 16.7 Å². The van der Waals surface area contributed by atoms with Crippen LogP contribution in [-0.4, -0.2) is 29.0 Å². The first-order valence-corrected chi connectivity index (χ1v) is 4.86. The van der Waals surface area contributed by atoms with E-state index in [4.69, 9.17) is 5.11 Å². The molecule has 5 nitrogen and oxygen atoms in total. The largest absolute Gasteiger partial charge is 0.478 e. The minimum absolute atomic E-state index is 0.0769. The second-order valence-corrected chi connectivity index (χ2v) is 3.76. The van der Waals surface area contributed by atoms with Gasteiger partial charge >= 0.3 is 5.97 Å². The Balaban J connectivity index is 3.18. The summed E-state index contributed by atoms with van der Waals surface area (Å²) in [5.41, 5.74) is 0.0769. The highest BCUT2D eigenvalue weighted by Gasteiger charge is 2.13. The zero-order valence-corrected chi connectivity index (χ0v) is 9.78. The van der Waals surface area contributed by atoms with Gasteiger partial charge in [-0.15, -0.1) is 0 Å². The van der Waals surface area contributed by atoms with E-state index in [2.05, 4.69) is 20.9 Å². The fraction of sp³-hybridized carbons (Fsp3) is 0.222. The first kappa shape index (κ1) is 11.6. The van der Waals surface area contributed by atoms with E-state index in [9.17, 15) is 9.59 Å². The van der Waals surface area contributed by atoms with E-state index in [1.807, 2.05) is 0 Å². The minimum Gasteiger partial charge on any atom is -0.478 e. The number of pyridine rings is 1. The summed E-state index contributed by atoms with van der Waals surface area (Å²) in [6.45, 7) is 1.38.